The van der Waals surface area contributed by atoms with Gasteiger partial charge in [-0.2, -0.15) is 0 Å². The van der Waals surface area contributed by atoms with Crippen LogP contribution >= 0.6 is 0 Å². The number of amides is 1. The quantitative estimate of drug-likeness (QED) is 0.796. The van der Waals surface area contributed by atoms with E-state index in [9.17, 15) is 4.79 Å². The topological polar surface area (TPSA) is 47.6 Å². The first-order valence-corrected chi connectivity index (χ1v) is 7.79. The highest BCUT2D eigenvalue weighted by molar-refractivity contribution is 5.94. The molecule has 0 spiro atoms. The Kier molecular flexibility index (Phi) is 4.41. The second-order valence-electron chi connectivity index (χ2n) is 6.12. The SMILES string of the molecule is CN1CCN(c2ccc(C(=O)NNCC3CC3)cc2)CC1. The van der Waals surface area contributed by atoms with Crippen LogP contribution < -0.4 is 15.8 Å². The van der Waals surface area contributed by atoms with Crippen molar-refractivity contribution >= 4 is 11.6 Å². The molecule has 1 heterocycles. The molecule has 0 unspecified atom stereocenters. The van der Waals surface area contributed by atoms with Gasteiger partial charge in [-0.15, -0.1) is 0 Å². The van der Waals surface area contributed by atoms with Crippen LogP contribution in [-0.2, 0) is 0 Å². The molecule has 2 aliphatic rings. The van der Waals surface area contributed by atoms with Crippen LogP contribution in [0.25, 0.3) is 0 Å². The highest BCUT2D eigenvalue weighted by atomic mass is 16.2. The molecule has 1 saturated heterocycles. The van der Waals surface area contributed by atoms with E-state index in [0.29, 0.717) is 5.56 Å². The van der Waals surface area contributed by atoms with Crippen molar-refractivity contribution in [3.63, 3.8) is 0 Å². The molecule has 5 nitrogen and oxygen atoms in total. The predicted molar refractivity (Wildman–Crippen MR) is 84.3 cm³/mol. The number of hydrogen-bond acceptors (Lipinski definition) is 4. The van der Waals surface area contributed by atoms with Gasteiger partial charge in [0, 0.05) is 44.0 Å². The van der Waals surface area contributed by atoms with Crippen molar-refractivity contribution in [2.75, 3.05) is 44.7 Å². The van der Waals surface area contributed by atoms with Crippen LogP contribution in [0, 0.1) is 5.92 Å². The molecular weight excluding hydrogens is 264 g/mol. The van der Waals surface area contributed by atoms with Gasteiger partial charge in [-0.1, -0.05) is 0 Å². The number of nitrogens with one attached hydrogen (secondary N) is 2. The number of rotatable bonds is 5. The number of benzene rings is 1. The van der Waals surface area contributed by atoms with E-state index >= 15 is 0 Å². The van der Waals surface area contributed by atoms with Gasteiger partial charge in [0.1, 0.15) is 0 Å². The molecule has 5 heteroatoms. The highest BCUT2D eigenvalue weighted by Gasteiger charge is 2.20. The molecule has 1 saturated carbocycles. The minimum absolute atomic E-state index is 0.0550. The van der Waals surface area contributed by atoms with Crippen LogP contribution in [0.15, 0.2) is 24.3 Å². The number of piperazine rings is 1. The first-order valence-electron chi connectivity index (χ1n) is 7.79. The molecule has 1 amide bonds. The standard InChI is InChI=1S/C16H24N4O/c1-19-8-10-20(11-9-19)15-6-4-14(5-7-15)16(21)18-17-12-13-2-3-13/h4-7,13,17H,2-3,8-12H2,1H3,(H,18,21). The minimum Gasteiger partial charge on any atom is -0.369 e. The highest BCUT2D eigenvalue weighted by Crippen LogP contribution is 2.27. The first kappa shape index (κ1) is 14.4. The Labute approximate surface area is 126 Å². The van der Waals surface area contributed by atoms with Gasteiger partial charge in [0.2, 0.25) is 0 Å². The summed E-state index contributed by atoms with van der Waals surface area (Å²) in [6.07, 6.45) is 2.56. The Morgan fingerprint density at radius 2 is 1.81 bits per heavy atom. The minimum atomic E-state index is -0.0550. The average Bonchev–Trinajstić information content (AvgIpc) is 3.32. The monoisotopic (exact) mass is 288 g/mol. The van der Waals surface area contributed by atoms with Crippen molar-refractivity contribution in [1.29, 1.82) is 0 Å². The zero-order valence-electron chi connectivity index (χ0n) is 12.6. The van der Waals surface area contributed by atoms with Gasteiger partial charge in [0.25, 0.3) is 5.91 Å². The van der Waals surface area contributed by atoms with Gasteiger partial charge < -0.3 is 9.80 Å². The van der Waals surface area contributed by atoms with Crippen LogP contribution in [0.2, 0.25) is 0 Å². The summed E-state index contributed by atoms with van der Waals surface area (Å²) < 4.78 is 0. The summed E-state index contributed by atoms with van der Waals surface area (Å²) in [5.74, 6) is 0.700. The summed E-state index contributed by atoms with van der Waals surface area (Å²) in [6, 6.07) is 7.89. The molecule has 2 fully saturated rings. The van der Waals surface area contributed by atoms with E-state index in [-0.39, 0.29) is 5.91 Å². The van der Waals surface area contributed by atoms with Crippen molar-refractivity contribution in [1.82, 2.24) is 15.8 Å². The largest absolute Gasteiger partial charge is 0.369 e. The summed E-state index contributed by atoms with van der Waals surface area (Å²) in [4.78, 5) is 16.7. The molecule has 1 aromatic carbocycles. The van der Waals surface area contributed by atoms with Crippen molar-refractivity contribution in [3.05, 3.63) is 29.8 Å². The molecule has 2 N–H and O–H groups in total. The number of hydrogen-bond donors (Lipinski definition) is 2. The maximum atomic E-state index is 12.0. The fourth-order valence-corrected chi connectivity index (χ4v) is 2.56. The fraction of sp³-hybridized carbons (Fsp3) is 0.562. The van der Waals surface area contributed by atoms with Crippen LogP contribution in [-0.4, -0.2) is 50.6 Å². The summed E-state index contributed by atoms with van der Waals surface area (Å²) in [5, 5.41) is 0. The zero-order chi connectivity index (χ0) is 14.7. The first-order chi connectivity index (χ1) is 10.2. The molecule has 0 bridgehead atoms. The Morgan fingerprint density at radius 3 is 2.43 bits per heavy atom. The number of carbonyl (C=O) groups is 1. The van der Waals surface area contributed by atoms with Crippen molar-refractivity contribution in [2.45, 2.75) is 12.8 Å². The lowest BCUT2D eigenvalue weighted by molar-refractivity contribution is 0.0932. The number of nitrogens with zero attached hydrogens (tertiary/aromatic N) is 2. The maximum Gasteiger partial charge on any atom is 0.265 e. The van der Waals surface area contributed by atoms with Crippen LogP contribution in [0.3, 0.4) is 0 Å². The van der Waals surface area contributed by atoms with Crippen molar-refractivity contribution in [3.8, 4) is 0 Å². The van der Waals surface area contributed by atoms with Gasteiger partial charge in [-0.3, -0.25) is 10.2 Å². The zero-order valence-corrected chi connectivity index (χ0v) is 12.6. The lowest BCUT2D eigenvalue weighted by Gasteiger charge is -2.34. The Bertz CT molecular complexity index is 476. The normalized spacial score (nSPS) is 19.6. The van der Waals surface area contributed by atoms with Gasteiger partial charge in [0.05, 0.1) is 0 Å². The van der Waals surface area contributed by atoms with E-state index in [0.717, 1.165) is 38.6 Å². The third-order valence-corrected chi connectivity index (χ3v) is 4.29. The maximum absolute atomic E-state index is 12.0. The Hall–Kier alpha value is -1.59. The van der Waals surface area contributed by atoms with Crippen LogP contribution in [0.4, 0.5) is 5.69 Å². The lowest BCUT2D eigenvalue weighted by atomic mass is 10.1. The van der Waals surface area contributed by atoms with Gasteiger partial charge >= 0.3 is 0 Å². The van der Waals surface area contributed by atoms with E-state index in [1.807, 2.05) is 24.3 Å². The average molecular weight is 288 g/mol. The summed E-state index contributed by atoms with van der Waals surface area (Å²) >= 11 is 0. The van der Waals surface area contributed by atoms with Crippen LogP contribution in [0.1, 0.15) is 23.2 Å². The van der Waals surface area contributed by atoms with Crippen molar-refractivity contribution < 1.29 is 4.79 Å². The molecule has 1 aliphatic carbocycles. The van der Waals surface area contributed by atoms with E-state index < -0.39 is 0 Å². The van der Waals surface area contributed by atoms with Gasteiger partial charge in [-0.25, -0.2) is 5.43 Å². The molecule has 21 heavy (non-hydrogen) atoms. The van der Waals surface area contributed by atoms with Crippen molar-refractivity contribution in [2.24, 2.45) is 5.92 Å². The number of hydrazine groups is 1. The molecule has 114 valence electrons. The fourth-order valence-electron chi connectivity index (χ4n) is 2.56. The predicted octanol–water partition coefficient (Wildman–Crippen LogP) is 1.08. The van der Waals surface area contributed by atoms with E-state index in [1.54, 1.807) is 0 Å². The number of likely N-dealkylation sites (N-methyl/N-ethyl adjacent to an activating group) is 1. The third-order valence-electron chi connectivity index (χ3n) is 4.29. The Balaban J connectivity index is 1.51. The molecule has 0 aromatic heterocycles. The summed E-state index contributed by atoms with van der Waals surface area (Å²) in [7, 11) is 2.15. The smallest absolute Gasteiger partial charge is 0.265 e. The molecule has 1 aliphatic heterocycles. The molecule has 1 aromatic rings. The Morgan fingerprint density at radius 1 is 1.14 bits per heavy atom. The molecule has 3 rings (SSSR count). The van der Waals surface area contributed by atoms with E-state index in [2.05, 4.69) is 27.7 Å². The van der Waals surface area contributed by atoms with Crippen LogP contribution in [0.5, 0.6) is 0 Å². The second-order valence-corrected chi connectivity index (χ2v) is 6.12. The van der Waals surface area contributed by atoms with Gasteiger partial charge in [-0.05, 0) is 50.1 Å². The molecule has 0 atom stereocenters. The summed E-state index contributed by atoms with van der Waals surface area (Å²) in [5.41, 5.74) is 7.68. The number of anilines is 1. The van der Waals surface area contributed by atoms with E-state index in [1.165, 1.54) is 18.5 Å². The lowest BCUT2D eigenvalue weighted by Crippen LogP contribution is -2.44. The second kappa shape index (κ2) is 6.45. The van der Waals surface area contributed by atoms with E-state index in [4.69, 9.17) is 0 Å². The molecular formula is C16H24N4O. The van der Waals surface area contributed by atoms with Gasteiger partial charge in [0.15, 0.2) is 0 Å². The third kappa shape index (κ3) is 3.95. The summed E-state index contributed by atoms with van der Waals surface area (Å²) in [6.45, 7) is 5.15. The molecule has 0 radical (unpaired) electrons. The number of carbonyl (C=O) groups excluding carboxylic acids is 1.